The molecule has 0 bridgehead atoms. The van der Waals surface area contributed by atoms with E-state index in [0.29, 0.717) is 25.9 Å². The molecule has 0 aliphatic carbocycles. The van der Waals surface area contributed by atoms with E-state index in [4.69, 9.17) is 4.74 Å². The average molecular weight is 1010 g/mol. The van der Waals surface area contributed by atoms with Crippen LogP contribution in [0, 0.1) is 0 Å². The second kappa shape index (κ2) is 61.9. The highest BCUT2D eigenvalue weighted by atomic mass is 16.5. The van der Waals surface area contributed by atoms with Gasteiger partial charge in [0.25, 0.3) is 0 Å². The van der Waals surface area contributed by atoms with E-state index in [0.717, 1.165) is 44.9 Å². The highest BCUT2D eigenvalue weighted by molar-refractivity contribution is 5.76. The van der Waals surface area contributed by atoms with Gasteiger partial charge in [-0.3, -0.25) is 9.59 Å². The summed E-state index contributed by atoms with van der Waals surface area (Å²) in [5, 5.41) is 23.3. The summed E-state index contributed by atoms with van der Waals surface area (Å²) in [7, 11) is 0. The van der Waals surface area contributed by atoms with Gasteiger partial charge < -0.3 is 20.3 Å². The number of hydrogen-bond donors (Lipinski definition) is 3. The number of esters is 1. The summed E-state index contributed by atoms with van der Waals surface area (Å²) in [6.45, 7) is 4.97. The lowest BCUT2D eigenvalue weighted by molar-refractivity contribution is -0.143. The quantitative estimate of drug-likeness (QED) is 0.0320. The molecule has 0 spiro atoms. The molecule has 72 heavy (non-hydrogen) atoms. The van der Waals surface area contributed by atoms with Crippen molar-refractivity contribution in [2.75, 3.05) is 13.2 Å². The molecule has 6 nitrogen and oxygen atoms in total. The van der Waals surface area contributed by atoms with Crippen molar-refractivity contribution in [3.05, 3.63) is 24.3 Å². The van der Waals surface area contributed by atoms with Gasteiger partial charge in [0.15, 0.2) is 0 Å². The minimum atomic E-state index is -0.668. The Bertz CT molecular complexity index is 1120. The van der Waals surface area contributed by atoms with Crippen molar-refractivity contribution in [1.82, 2.24) is 5.32 Å². The zero-order valence-corrected chi connectivity index (χ0v) is 48.7. The molecule has 0 aromatic rings. The molecule has 0 saturated heterocycles. The summed E-state index contributed by atoms with van der Waals surface area (Å²) in [5.41, 5.74) is 0. The summed E-state index contributed by atoms with van der Waals surface area (Å²) in [5.74, 6) is -0.0272. The molecule has 0 aromatic carbocycles. The molecule has 0 heterocycles. The van der Waals surface area contributed by atoms with Crippen LogP contribution in [0.25, 0.3) is 0 Å². The summed E-state index contributed by atoms with van der Waals surface area (Å²) in [4.78, 5) is 24.5. The molecule has 3 N–H and O–H groups in total. The van der Waals surface area contributed by atoms with Gasteiger partial charge in [0.05, 0.1) is 25.4 Å². The molecule has 0 aliphatic heterocycles. The zero-order valence-electron chi connectivity index (χ0n) is 48.7. The first-order valence-corrected chi connectivity index (χ1v) is 32.6. The van der Waals surface area contributed by atoms with Crippen molar-refractivity contribution in [3.63, 3.8) is 0 Å². The Morgan fingerprint density at radius 1 is 0.389 bits per heavy atom. The van der Waals surface area contributed by atoms with Crippen LogP contribution in [0.2, 0.25) is 0 Å². The van der Waals surface area contributed by atoms with E-state index in [-0.39, 0.29) is 18.5 Å². The van der Waals surface area contributed by atoms with Gasteiger partial charge in [-0.05, 0) is 57.8 Å². The lowest BCUT2D eigenvalue weighted by atomic mass is 10.0. The Morgan fingerprint density at radius 3 is 1.06 bits per heavy atom. The topological polar surface area (TPSA) is 95.9 Å². The van der Waals surface area contributed by atoms with Crippen LogP contribution in [0.5, 0.6) is 0 Å². The Balaban J connectivity index is 3.43. The van der Waals surface area contributed by atoms with E-state index in [9.17, 15) is 19.8 Å². The van der Waals surface area contributed by atoms with Crippen LogP contribution in [0.15, 0.2) is 24.3 Å². The third-order valence-corrected chi connectivity index (χ3v) is 15.3. The van der Waals surface area contributed by atoms with E-state index < -0.39 is 12.1 Å². The number of aliphatic hydroxyl groups excluding tert-OH is 2. The van der Waals surface area contributed by atoms with Crippen LogP contribution in [-0.2, 0) is 14.3 Å². The first-order valence-electron chi connectivity index (χ1n) is 32.6. The summed E-state index contributed by atoms with van der Waals surface area (Å²) in [6, 6.07) is -0.546. The molecule has 0 radical (unpaired) electrons. The molecular weight excluding hydrogens is 887 g/mol. The van der Waals surface area contributed by atoms with Crippen LogP contribution in [-0.4, -0.2) is 47.4 Å². The van der Waals surface area contributed by atoms with E-state index in [1.54, 1.807) is 0 Å². The number of aliphatic hydroxyl groups is 2. The number of unbranched alkanes of at least 4 members (excludes halogenated alkanes) is 46. The average Bonchev–Trinajstić information content (AvgIpc) is 3.38. The third-order valence-electron chi connectivity index (χ3n) is 15.3. The highest BCUT2D eigenvalue weighted by Crippen LogP contribution is 2.18. The summed E-state index contributed by atoms with van der Waals surface area (Å²) >= 11 is 0. The number of carbonyl (C=O) groups is 2. The first kappa shape index (κ1) is 70.3. The van der Waals surface area contributed by atoms with Gasteiger partial charge in [0.2, 0.25) is 5.91 Å². The van der Waals surface area contributed by atoms with Gasteiger partial charge in [-0.15, -0.1) is 0 Å². The minimum absolute atomic E-state index is 0.0111. The van der Waals surface area contributed by atoms with E-state index >= 15 is 0 Å². The van der Waals surface area contributed by atoms with Crippen molar-refractivity contribution >= 4 is 11.9 Å². The van der Waals surface area contributed by atoms with Gasteiger partial charge >= 0.3 is 5.97 Å². The maximum atomic E-state index is 12.5. The van der Waals surface area contributed by atoms with Gasteiger partial charge in [-0.1, -0.05) is 314 Å². The highest BCUT2D eigenvalue weighted by Gasteiger charge is 2.20. The van der Waals surface area contributed by atoms with Crippen LogP contribution in [0.3, 0.4) is 0 Å². The summed E-state index contributed by atoms with van der Waals surface area (Å²) < 4.78 is 5.48. The van der Waals surface area contributed by atoms with E-state index in [2.05, 4.69) is 43.5 Å². The number of carbonyl (C=O) groups excluding carboxylic acids is 2. The SMILES string of the molecule is CCCCCCCCCCCCCCCCCCCC(O)C(CO)NC(=O)CCCCCCCCCCC/C=C\C/C=C\CCCCCCCCCCCOC(=O)CCCCCCCCCCCCCCC. The summed E-state index contributed by atoms with van der Waals surface area (Å²) in [6.07, 6.45) is 76.2. The first-order chi connectivity index (χ1) is 35.5. The fraction of sp³-hybridized carbons (Fsp3) is 0.909. The molecule has 2 unspecified atom stereocenters. The smallest absolute Gasteiger partial charge is 0.305 e. The van der Waals surface area contributed by atoms with Crippen molar-refractivity contribution in [2.45, 2.75) is 373 Å². The van der Waals surface area contributed by atoms with Gasteiger partial charge in [0, 0.05) is 12.8 Å². The minimum Gasteiger partial charge on any atom is -0.466 e. The normalized spacial score (nSPS) is 12.7. The van der Waals surface area contributed by atoms with Gasteiger partial charge in [-0.25, -0.2) is 0 Å². The van der Waals surface area contributed by atoms with Crippen molar-refractivity contribution in [3.8, 4) is 0 Å². The van der Waals surface area contributed by atoms with Crippen LogP contribution in [0.1, 0.15) is 361 Å². The molecule has 0 saturated carbocycles. The molecule has 426 valence electrons. The largest absolute Gasteiger partial charge is 0.466 e. The fourth-order valence-electron chi connectivity index (χ4n) is 10.3. The molecule has 0 aliphatic rings. The Kier molecular flexibility index (Phi) is 60.5. The zero-order chi connectivity index (χ0) is 52.2. The Morgan fingerprint density at radius 2 is 0.694 bits per heavy atom. The Labute approximate surface area is 450 Å². The fourth-order valence-corrected chi connectivity index (χ4v) is 10.3. The van der Waals surface area contributed by atoms with Gasteiger partial charge in [-0.2, -0.15) is 0 Å². The molecule has 0 rings (SSSR count). The molecular formula is C66H127NO5. The number of hydrogen-bond acceptors (Lipinski definition) is 5. The number of nitrogens with one attached hydrogen (secondary N) is 1. The molecule has 6 heteroatoms. The lowest BCUT2D eigenvalue weighted by Crippen LogP contribution is -2.45. The van der Waals surface area contributed by atoms with Crippen molar-refractivity contribution < 1.29 is 24.5 Å². The second-order valence-electron chi connectivity index (χ2n) is 22.5. The maximum absolute atomic E-state index is 12.5. The predicted octanol–water partition coefficient (Wildman–Crippen LogP) is 20.6. The third kappa shape index (κ3) is 57.6. The monoisotopic (exact) mass is 1010 g/mol. The van der Waals surface area contributed by atoms with Crippen molar-refractivity contribution in [1.29, 1.82) is 0 Å². The Hall–Kier alpha value is -1.66. The van der Waals surface area contributed by atoms with E-state index in [1.165, 1.54) is 283 Å². The van der Waals surface area contributed by atoms with Crippen LogP contribution < -0.4 is 5.32 Å². The number of ether oxygens (including phenoxy) is 1. The predicted molar refractivity (Wildman–Crippen MR) is 315 cm³/mol. The molecule has 2 atom stereocenters. The maximum Gasteiger partial charge on any atom is 0.305 e. The van der Waals surface area contributed by atoms with Crippen LogP contribution in [0.4, 0.5) is 0 Å². The number of allylic oxidation sites excluding steroid dienone is 4. The van der Waals surface area contributed by atoms with Crippen LogP contribution >= 0.6 is 0 Å². The molecule has 0 aromatic heterocycles. The van der Waals surface area contributed by atoms with Crippen molar-refractivity contribution in [2.24, 2.45) is 0 Å². The van der Waals surface area contributed by atoms with E-state index in [1.807, 2.05) is 0 Å². The molecule has 1 amide bonds. The standard InChI is InChI=1S/C66H127NO5/c1-3-5-7-9-11-13-15-17-18-28-31-35-38-42-46-50-54-58-64(69)63(62-68)67-65(70)59-55-51-47-43-39-36-32-29-26-24-22-20-19-21-23-25-27-30-33-37-41-45-49-53-57-61-72-66(71)60-56-52-48-44-40-34-16-14-12-10-8-6-4-2/h20-23,63-64,68-69H,3-19,24-62H2,1-2H3,(H,67,70)/b22-20-,23-21-. The second-order valence-corrected chi connectivity index (χ2v) is 22.5. The molecule has 0 fully saturated rings. The van der Waals surface area contributed by atoms with Gasteiger partial charge in [0.1, 0.15) is 0 Å². The lowest BCUT2D eigenvalue weighted by Gasteiger charge is -2.22. The number of rotatable bonds is 61. The number of amides is 1.